The molecule has 18 heavy (non-hydrogen) atoms. The summed E-state index contributed by atoms with van der Waals surface area (Å²) in [5, 5.41) is 12.7. The van der Waals surface area contributed by atoms with E-state index in [0.717, 1.165) is 24.2 Å². The van der Waals surface area contributed by atoms with E-state index in [4.69, 9.17) is 5.41 Å². The zero-order valence-electron chi connectivity index (χ0n) is 10.6. The Morgan fingerprint density at radius 2 is 1.94 bits per heavy atom. The largest absolute Gasteiger partial charge is 0.362 e. The fraction of sp³-hybridized carbons (Fsp3) is 0.286. The minimum Gasteiger partial charge on any atom is -0.362 e. The van der Waals surface area contributed by atoms with Crippen LogP contribution in [0.5, 0.6) is 0 Å². The van der Waals surface area contributed by atoms with Crippen LogP contribution in [0.4, 0.5) is 11.4 Å². The van der Waals surface area contributed by atoms with Gasteiger partial charge < -0.3 is 16.0 Å². The Bertz CT molecular complexity index is 410. The Hall–Kier alpha value is -2.10. The molecule has 0 aliphatic carbocycles. The Morgan fingerprint density at radius 1 is 1.28 bits per heavy atom. The van der Waals surface area contributed by atoms with Crippen LogP contribution in [0.25, 0.3) is 0 Å². The van der Waals surface area contributed by atoms with Crippen LogP contribution in [0.2, 0.25) is 0 Å². The predicted octanol–water partition coefficient (Wildman–Crippen LogP) is 3.39. The first-order valence-electron chi connectivity index (χ1n) is 6.08. The second kappa shape index (κ2) is 8.06. The second-order valence-electron chi connectivity index (χ2n) is 3.90. The molecule has 0 heterocycles. The minimum atomic E-state index is 0.0567. The molecule has 3 N–H and O–H groups in total. The number of hydrogen-bond donors (Lipinski definition) is 3. The quantitative estimate of drug-likeness (QED) is 0.645. The Labute approximate surface area is 108 Å². The summed E-state index contributed by atoms with van der Waals surface area (Å²) < 4.78 is 0. The average molecular weight is 245 g/mol. The van der Waals surface area contributed by atoms with Gasteiger partial charge in [0, 0.05) is 30.2 Å². The van der Waals surface area contributed by atoms with E-state index in [1.54, 1.807) is 12.3 Å². The lowest BCUT2D eigenvalue weighted by Crippen LogP contribution is -2.10. The van der Waals surface area contributed by atoms with Crippen LogP contribution in [0, 0.1) is 5.41 Å². The Balaban J connectivity index is 2.47. The molecule has 1 rings (SSSR count). The molecular formula is C14H19N3O. The van der Waals surface area contributed by atoms with Crippen molar-refractivity contribution in [3.8, 4) is 0 Å². The second-order valence-corrected chi connectivity index (χ2v) is 3.90. The van der Waals surface area contributed by atoms with Gasteiger partial charge in [-0.05, 0) is 36.8 Å². The standard InChI is InChI=1S/C14H19N3O/c1-2-3-5-14(18)17-13-8-6-12(7-9-13)16-11-4-10-15/h4,6-11,15-16H,2-3,5H2,1H3,(H,17,18)/b11-4-,15-10?. The Kier molecular flexibility index (Phi) is 6.25. The molecule has 96 valence electrons. The summed E-state index contributed by atoms with van der Waals surface area (Å²) in [5.41, 5.74) is 1.72. The molecule has 0 radical (unpaired) electrons. The van der Waals surface area contributed by atoms with Crippen LogP contribution in [-0.2, 0) is 4.79 Å². The first kappa shape index (κ1) is 14.0. The Morgan fingerprint density at radius 3 is 2.56 bits per heavy atom. The molecule has 0 fully saturated rings. The highest BCUT2D eigenvalue weighted by atomic mass is 16.1. The third-order valence-corrected chi connectivity index (χ3v) is 2.37. The summed E-state index contributed by atoms with van der Waals surface area (Å²) in [6.07, 6.45) is 6.99. The normalized spacial score (nSPS) is 10.3. The molecule has 0 spiro atoms. The number of amides is 1. The molecule has 0 aliphatic heterocycles. The van der Waals surface area contributed by atoms with Crippen molar-refractivity contribution in [2.75, 3.05) is 10.6 Å². The van der Waals surface area contributed by atoms with Gasteiger partial charge in [0.1, 0.15) is 0 Å². The maximum absolute atomic E-state index is 11.5. The molecule has 0 atom stereocenters. The van der Waals surface area contributed by atoms with Crippen molar-refractivity contribution in [1.29, 1.82) is 5.41 Å². The van der Waals surface area contributed by atoms with Gasteiger partial charge in [0.05, 0.1) is 0 Å². The van der Waals surface area contributed by atoms with Crippen molar-refractivity contribution in [2.24, 2.45) is 0 Å². The SMILES string of the molecule is CCCCC(=O)Nc1ccc(N/C=C\C=N)cc1. The van der Waals surface area contributed by atoms with Crippen LogP contribution in [0.1, 0.15) is 26.2 Å². The fourth-order valence-corrected chi connectivity index (χ4v) is 1.40. The molecule has 0 unspecified atom stereocenters. The van der Waals surface area contributed by atoms with Crippen molar-refractivity contribution < 1.29 is 4.79 Å². The molecule has 4 nitrogen and oxygen atoms in total. The number of carbonyl (C=O) groups excluding carboxylic acids is 1. The van der Waals surface area contributed by atoms with Crippen molar-refractivity contribution in [3.63, 3.8) is 0 Å². The molecule has 1 aromatic rings. The highest BCUT2D eigenvalue weighted by molar-refractivity contribution is 5.90. The number of rotatable bonds is 7. The van der Waals surface area contributed by atoms with Gasteiger partial charge in [-0.2, -0.15) is 0 Å². The molecule has 0 aliphatic rings. The summed E-state index contributed by atoms with van der Waals surface area (Å²) in [4.78, 5) is 11.5. The summed E-state index contributed by atoms with van der Waals surface area (Å²) in [5.74, 6) is 0.0567. The van der Waals surface area contributed by atoms with Gasteiger partial charge in [-0.3, -0.25) is 4.79 Å². The van der Waals surface area contributed by atoms with Gasteiger partial charge in [0.2, 0.25) is 5.91 Å². The predicted molar refractivity (Wildman–Crippen MR) is 76.1 cm³/mol. The molecular weight excluding hydrogens is 226 g/mol. The van der Waals surface area contributed by atoms with Gasteiger partial charge in [-0.15, -0.1) is 0 Å². The molecule has 1 aromatic carbocycles. The van der Waals surface area contributed by atoms with E-state index in [1.807, 2.05) is 24.3 Å². The third-order valence-electron chi connectivity index (χ3n) is 2.37. The van der Waals surface area contributed by atoms with Crippen molar-refractivity contribution in [3.05, 3.63) is 36.5 Å². The lowest BCUT2D eigenvalue weighted by Gasteiger charge is -2.06. The molecule has 0 saturated heterocycles. The number of hydrogen-bond acceptors (Lipinski definition) is 3. The van der Waals surface area contributed by atoms with Crippen molar-refractivity contribution in [2.45, 2.75) is 26.2 Å². The van der Waals surface area contributed by atoms with Crippen LogP contribution in [-0.4, -0.2) is 12.1 Å². The third kappa shape index (κ3) is 5.30. The minimum absolute atomic E-state index is 0.0567. The van der Waals surface area contributed by atoms with E-state index in [-0.39, 0.29) is 5.91 Å². The van der Waals surface area contributed by atoms with E-state index in [0.29, 0.717) is 6.42 Å². The molecule has 0 bridgehead atoms. The topological polar surface area (TPSA) is 65.0 Å². The summed E-state index contributed by atoms with van der Waals surface area (Å²) >= 11 is 0. The van der Waals surface area contributed by atoms with E-state index >= 15 is 0 Å². The van der Waals surface area contributed by atoms with E-state index in [9.17, 15) is 4.79 Å². The van der Waals surface area contributed by atoms with Gasteiger partial charge in [-0.25, -0.2) is 0 Å². The van der Waals surface area contributed by atoms with Crippen LogP contribution < -0.4 is 10.6 Å². The van der Waals surface area contributed by atoms with Gasteiger partial charge >= 0.3 is 0 Å². The van der Waals surface area contributed by atoms with Crippen molar-refractivity contribution in [1.82, 2.24) is 0 Å². The lowest BCUT2D eigenvalue weighted by atomic mass is 10.2. The number of nitrogens with one attached hydrogen (secondary N) is 3. The monoisotopic (exact) mass is 245 g/mol. The van der Waals surface area contributed by atoms with E-state index in [1.165, 1.54) is 6.21 Å². The summed E-state index contributed by atoms with van der Waals surface area (Å²) in [6.45, 7) is 2.07. The maximum Gasteiger partial charge on any atom is 0.224 e. The summed E-state index contributed by atoms with van der Waals surface area (Å²) in [6, 6.07) is 7.46. The van der Waals surface area contributed by atoms with Crippen molar-refractivity contribution >= 4 is 23.5 Å². The fourth-order valence-electron chi connectivity index (χ4n) is 1.40. The van der Waals surface area contributed by atoms with Crippen LogP contribution >= 0.6 is 0 Å². The average Bonchev–Trinajstić information content (AvgIpc) is 2.39. The first-order valence-corrected chi connectivity index (χ1v) is 6.08. The highest BCUT2D eigenvalue weighted by Gasteiger charge is 2.00. The molecule has 0 aromatic heterocycles. The zero-order valence-corrected chi connectivity index (χ0v) is 10.6. The lowest BCUT2D eigenvalue weighted by molar-refractivity contribution is -0.116. The van der Waals surface area contributed by atoms with Gasteiger partial charge in [0.25, 0.3) is 0 Å². The van der Waals surface area contributed by atoms with Crippen LogP contribution in [0.3, 0.4) is 0 Å². The zero-order chi connectivity index (χ0) is 13.2. The number of carbonyl (C=O) groups is 1. The maximum atomic E-state index is 11.5. The van der Waals surface area contributed by atoms with Crippen LogP contribution in [0.15, 0.2) is 36.5 Å². The number of allylic oxidation sites excluding steroid dienone is 1. The number of unbranched alkanes of at least 4 members (excludes halogenated alkanes) is 1. The first-order chi connectivity index (χ1) is 8.76. The summed E-state index contributed by atoms with van der Waals surface area (Å²) in [7, 11) is 0. The van der Waals surface area contributed by atoms with Gasteiger partial charge in [-0.1, -0.05) is 13.3 Å². The highest BCUT2D eigenvalue weighted by Crippen LogP contribution is 2.14. The number of anilines is 2. The van der Waals surface area contributed by atoms with E-state index in [2.05, 4.69) is 17.6 Å². The smallest absolute Gasteiger partial charge is 0.224 e. The molecule has 0 saturated carbocycles. The molecule has 4 heteroatoms. The number of benzene rings is 1. The molecule has 1 amide bonds. The van der Waals surface area contributed by atoms with E-state index < -0.39 is 0 Å². The van der Waals surface area contributed by atoms with Gasteiger partial charge in [0.15, 0.2) is 0 Å².